The van der Waals surface area contributed by atoms with Crippen molar-refractivity contribution in [1.29, 1.82) is 0 Å². The lowest BCUT2D eigenvalue weighted by atomic mass is 9.74. The molecule has 1 aliphatic carbocycles. The summed E-state index contributed by atoms with van der Waals surface area (Å²) in [5.74, 6) is 1.02. The Hall–Kier alpha value is -0.300. The number of allylic oxidation sites excluding steroid dienone is 1. The summed E-state index contributed by atoms with van der Waals surface area (Å²) in [4.78, 5) is 0. The summed E-state index contributed by atoms with van der Waals surface area (Å²) < 4.78 is 0. The molecule has 1 rings (SSSR count). The second-order valence-electron chi connectivity index (χ2n) is 4.12. The molecule has 0 aromatic rings. The minimum Gasteiger partial charge on any atom is -0.390 e. The zero-order valence-corrected chi connectivity index (χ0v) is 7.67. The molecule has 1 heteroatoms. The van der Waals surface area contributed by atoms with Crippen molar-refractivity contribution in [2.24, 2.45) is 11.8 Å². The Balaban J connectivity index is 2.70. The van der Waals surface area contributed by atoms with Crippen LogP contribution in [0.15, 0.2) is 12.2 Å². The largest absolute Gasteiger partial charge is 0.390 e. The maximum absolute atomic E-state index is 9.95. The van der Waals surface area contributed by atoms with E-state index in [4.69, 9.17) is 0 Å². The van der Waals surface area contributed by atoms with Gasteiger partial charge in [0.05, 0.1) is 5.60 Å². The first-order chi connectivity index (χ1) is 5.04. The van der Waals surface area contributed by atoms with Gasteiger partial charge in [0.25, 0.3) is 0 Å². The maximum atomic E-state index is 9.95. The maximum Gasteiger partial charge on any atom is 0.0687 e. The first kappa shape index (κ1) is 8.79. The van der Waals surface area contributed by atoms with Gasteiger partial charge in [-0.3, -0.25) is 0 Å². The summed E-state index contributed by atoms with van der Waals surface area (Å²) in [6.07, 6.45) is 6.11. The number of rotatable bonds is 1. The van der Waals surface area contributed by atoms with Crippen molar-refractivity contribution >= 4 is 0 Å². The minimum atomic E-state index is -0.469. The molecule has 0 aromatic heterocycles. The molecule has 1 aliphatic rings. The van der Waals surface area contributed by atoms with Crippen molar-refractivity contribution in [3.63, 3.8) is 0 Å². The molecule has 0 fully saturated rings. The van der Waals surface area contributed by atoms with Gasteiger partial charge in [-0.25, -0.2) is 0 Å². The molecule has 0 amide bonds. The average Bonchev–Trinajstić information content (AvgIpc) is 1.85. The van der Waals surface area contributed by atoms with E-state index in [2.05, 4.69) is 26.0 Å². The molecule has 0 aliphatic heterocycles. The van der Waals surface area contributed by atoms with Crippen molar-refractivity contribution in [1.82, 2.24) is 0 Å². The molecule has 0 saturated heterocycles. The van der Waals surface area contributed by atoms with E-state index in [1.54, 1.807) is 0 Å². The molecule has 1 N–H and O–H groups in total. The van der Waals surface area contributed by atoms with Crippen molar-refractivity contribution < 1.29 is 5.11 Å². The Kier molecular flexibility index (Phi) is 2.38. The lowest BCUT2D eigenvalue weighted by Crippen LogP contribution is -2.38. The van der Waals surface area contributed by atoms with Crippen LogP contribution in [0.25, 0.3) is 0 Å². The van der Waals surface area contributed by atoms with Crippen molar-refractivity contribution in [2.45, 2.75) is 39.2 Å². The summed E-state index contributed by atoms with van der Waals surface area (Å²) in [6, 6.07) is 0. The van der Waals surface area contributed by atoms with Gasteiger partial charge >= 0.3 is 0 Å². The summed E-state index contributed by atoms with van der Waals surface area (Å²) in [5, 5.41) is 9.95. The van der Waals surface area contributed by atoms with E-state index >= 15 is 0 Å². The van der Waals surface area contributed by atoms with Gasteiger partial charge in [-0.2, -0.15) is 0 Å². The number of aliphatic hydroxyl groups is 1. The SMILES string of the molecule is CC(C)C1CC=CCC1(C)O. The number of hydrogen-bond donors (Lipinski definition) is 1. The van der Waals surface area contributed by atoms with E-state index in [1.807, 2.05) is 6.92 Å². The van der Waals surface area contributed by atoms with Gasteiger partial charge < -0.3 is 5.11 Å². The second-order valence-corrected chi connectivity index (χ2v) is 4.12. The highest BCUT2D eigenvalue weighted by molar-refractivity contribution is 5.01. The lowest BCUT2D eigenvalue weighted by molar-refractivity contribution is -0.0213. The molecular weight excluding hydrogens is 136 g/mol. The standard InChI is InChI=1S/C10H18O/c1-8(2)9-6-4-5-7-10(9,3)11/h4-5,8-9,11H,6-7H2,1-3H3. The summed E-state index contributed by atoms with van der Waals surface area (Å²) in [5.41, 5.74) is -0.469. The van der Waals surface area contributed by atoms with Crippen LogP contribution < -0.4 is 0 Å². The van der Waals surface area contributed by atoms with Crippen molar-refractivity contribution in [2.75, 3.05) is 0 Å². The normalized spacial score (nSPS) is 38.1. The zero-order valence-electron chi connectivity index (χ0n) is 7.67. The highest BCUT2D eigenvalue weighted by atomic mass is 16.3. The van der Waals surface area contributed by atoms with Gasteiger partial charge in [0.15, 0.2) is 0 Å². The molecule has 2 unspecified atom stereocenters. The molecule has 0 radical (unpaired) electrons. The molecule has 1 nitrogen and oxygen atoms in total. The van der Waals surface area contributed by atoms with Gasteiger partial charge in [-0.1, -0.05) is 26.0 Å². The van der Waals surface area contributed by atoms with E-state index < -0.39 is 5.60 Å². The van der Waals surface area contributed by atoms with Crippen LogP contribution in [0.4, 0.5) is 0 Å². The average molecular weight is 154 g/mol. The fraction of sp³-hybridized carbons (Fsp3) is 0.800. The Bertz CT molecular complexity index is 156. The molecule has 0 spiro atoms. The molecule has 0 aromatic carbocycles. The Labute approximate surface area is 69.1 Å². The first-order valence-electron chi connectivity index (χ1n) is 4.41. The van der Waals surface area contributed by atoms with Gasteiger partial charge in [0.2, 0.25) is 0 Å². The molecule has 64 valence electrons. The Morgan fingerprint density at radius 2 is 2.09 bits per heavy atom. The van der Waals surface area contributed by atoms with Crippen LogP contribution in [-0.2, 0) is 0 Å². The van der Waals surface area contributed by atoms with Crippen LogP contribution in [-0.4, -0.2) is 10.7 Å². The third-order valence-corrected chi connectivity index (χ3v) is 2.69. The van der Waals surface area contributed by atoms with E-state index in [9.17, 15) is 5.11 Å². The molecule has 2 atom stereocenters. The van der Waals surface area contributed by atoms with Gasteiger partial charge in [0.1, 0.15) is 0 Å². The van der Waals surface area contributed by atoms with Gasteiger partial charge in [-0.15, -0.1) is 0 Å². The highest BCUT2D eigenvalue weighted by Crippen LogP contribution is 2.34. The minimum absolute atomic E-state index is 0.437. The molecule has 0 heterocycles. The van der Waals surface area contributed by atoms with Crippen molar-refractivity contribution in [3.8, 4) is 0 Å². The van der Waals surface area contributed by atoms with Crippen molar-refractivity contribution in [3.05, 3.63) is 12.2 Å². The van der Waals surface area contributed by atoms with E-state index in [1.165, 1.54) is 0 Å². The Morgan fingerprint density at radius 1 is 1.45 bits per heavy atom. The zero-order chi connectivity index (χ0) is 8.48. The molecule has 11 heavy (non-hydrogen) atoms. The van der Waals surface area contributed by atoms with Crippen LogP contribution >= 0.6 is 0 Å². The first-order valence-corrected chi connectivity index (χ1v) is 4.41. The van der Waals surface area contributed by atoms with Gasteiger partial charge in [0, 0.05) is 0 Å². The van der Waals surface area contributed by atoms with E-state index in [-0.39, 0.29) is 0 Å². The molecule has 0 saturated carbocycles. The van der Waals surface area contributed by atoms with Gasteiger partial charge in [-0.05, 0) is 31.6 Å². The molecular formula is C10H18O. The topological polar surface area (TPSA) is 20.2 Å². The monoisotopic (exact) mass is 154 g/mol. The van der Waals surface area contributed by atoms with E-state index in [0.717, 1.165) is 12.8 Å². The van der Waals surface area contributed by atoms with Crippen LogP contribution in [0.2, 0.25) is 0 Å². The highest BCUT2D eigenvalue weighted by Gasteiger charge is 2.33. The fourth-order valence-corrected chi connectivity index (χ4v) is 1.96. The molecule has 0 bridgehead atoms. The van der Waals surface area contributed by atoms with Crippen LogP contribution in [0.3, 0.4) is 0 Å². The van der Waals surface area contributed by atoms with Crippen LogP contribution in [0, 0.1) is 11.8 Å². The fourth-order valence-electron chi connectivity index (χ4n) is 1.96. The second kappa shape index (κ2) is 2.98. The Morgan fingerprint density at radius 3 is 2.45 bits per heavy atom. The number of hydrogen-bond acceptors (Lipinski definition) is 1. The third-order valence-electron chi connectivity index (χ3n) is 2.69. The summed E-state index contributed by atoms with van der Waals surface area (Å²) >= 11 is 0. The third kappa shape index (κ3) is 1.84. The quantitative estimate of drug-likeness (QED) is 0.575. The van der Waals surface area contributed by atoms with Crippen LogP contribution in [0.1, 0.15) is 33.6 Å². The summed E-state index contributed by atoms with van der Waals surface area (Å²) in [7, 11) is 0. The lowest BCUT2D eigenvalue weighted by Gasteiger charge is -2.37. The predicted octanol–water partition coefficient (Wildman–Crippen LogP) is 2.36. The summed E-state index contributed by atoms with van der Waals surface area (Å²) in [6.45, 7) is 6.30. The van der Waals surface area contributed by atoms with Crippen LogP contribution in [0.5, 0.6) is 0 Å². The smallest absolute Gasteiger partial charge is 0.0687 e. The predicted molar refractivity (Wildman–Crippen MR) is 47.3 cm³/mol. The van der Waals surface area contributed by atoms with E-state index in [0.29, 0.717) is 11.8 Å².